The Hall–Kier alpha value is -1.78. The van der Waals surface area contributed by atoms with Gasteiger partial charge in [-0.1, -0.05) is 6.07 Å². The summed E-state index contributed by atoms with van der Waals surface area (Å²) in [6.07, 6.45) is 2.19. The van der Waals surface area contributed by atoms with Crippen LogP contribution in [0.15, 0.2) is 18.2 Å². The molecule has 1 aromatic rings. The number of carbonyl (C=O) groups excluding carboxylic acids is 1. The number of rotatable bonds is 5. The van der Waals surface area contributed by atoms with Gasteiger partial charge in [-0.2, -0.15) is 0 Å². The molecule has 92 valence electrons. The fraction of sp³-hybridized carbons (Fsp3) is 0.500. The number of carbonyl (C=O) groups is 1. The second-order valence-electron chi connectivity index (χ2n) is 4.08. The highest BCUT2D eigenvalue weighted by Crippen LogP contribution is 2.30. The molecule has 1 aliphatic rings. The maximum atomic E-state index is 11.5. The molecular weight excluding hydrogens is 218 g/mol. The summed E-state index contributed by atoms with van der Waals surface area (Å²) in [5.74, 6) is 1.00. The maximum Gasteiger partial charge on any atom is 0.325 e. The molecule has 5 nitrogen and oxygen atoms in total. The van der Waals surface area contributed by atoms with Crippen LogP contribution in [0.4, 0.5) is 11.6 Å². The number of nitrogens with zero attached hydrogens (tertiary/aromatic N) is 2. The quantitative estimate of drug-likeness (QED) is 0.776. The molecule has 1 aliphatic carbocycles. The first-order valence-corrected chi connectivity index (χ1v) is 5.85. The van der Waals surface area contributed by atoms with Crippen molar-refractivity contribution in [3.05, 3.63) is 18.2 Å². The molecule has 0 atom stereocenters. The summed E-state index contributed by atoms with van der Waals surface area (Å²) in [5.41, 5.74) is 5.65. The van der Waals surface area contributed by atoms with E-state index in [0.29, 0.717) is 18.5 Å². The predicted octanol–water partition coefficient (Wildman–Crippen LogP) is 1.20. The highest BCUT2D eigenvalue weighted by molar-refractivity contribution is 5.75. The first-order valence-electron chi connectivity index (χ1n) is 5.85. The van der Waals surface area contributed by atoms with Crippen molar-refractivity contribution in [3.63, 3.8) is 0 Å². The number of nitrogens with two attached hydrogens (primary N) is 1. The molecule has 5 heteroatoms. The molecule has 0 radical (unpaired) electrons. The van der Waals surface area contributed by atoms with Gasteiger partial charge in [-0.05, 0) is 31.9 Å². The minimum atomic E-state index is -0.219. The Labute approximate surface area is 101 Å². The maximum absolute atomic E-state index is 11.5. The van der Waals surface area contributed by atoms with E-state index in [0.717, 1.165) is 18.7 Å². The second kappa shape index (κ2) is 5.03. The molecule has 0 saturated heterocycles. The van der Waals surface area contributed by atoms with Gasteiger partial charge in [0.1, 0.15) is 18.2 Å². The van der Waals surface area contributed by atoms with E-state index >= 15 is 0 Å². The smallest absolute Gasteiger partial charge is 0.325 e. The molecule has 17 heavy (non-hydrogen) atoms. The number of anilines is 2. The Morgan fingerprint density at radius 1 is 1.59 bits per heavy atom. The van der Waals surface area contributed by atoms with E-state index in [1.54, 1.807) is 13.0 Å². The zero-order valence-corrected chi connectivity index (χ0v) is 9.93. The first-order chi connectivity index (χ1) is 8.20. The highest BCUT2D eigenvalue weighted by Gasteiger charge is 2.31. The molecule has 0 amide bonds. The Morgan fingerprint density at radius 2 is 2.35 bits per heavy atom. The number of pyridine rings is 1. The molecule has 1 aromatic heterocycles. The van der Waals surface area contributed by atoms with E-state index < -0.39 is 0 Å². The van der Waals surface area contributed by atoms with Crippen molar-refractivity contribution in [1.29, 1.82) is 0 Å². The number of hydrogen-bond acceptors (Lipinski definition) is 5. The van der Waals surface area contributed by atoms with Crippen LogP contribution in [0.25, 0.3) is 0 Å². The Morgan fingerprint density at radius 3 is 2.94 bits per heavy atom. The predicted molar refractivity (Wildman–Crippen MR) is 65.7 cm³/mol. The Kier molecular flexibility index (Phi) is 3.46. The molecule has 1 heterocycles. The zero-order chi connectivity index (χ0) is 12.3. The summed E-state index contributed by atoms with van der Waals surface area (Å²) < 4.78 is 4.96. The first kappa shape index (κ1) is 11.7. The lowest BCUT2D eigenvalue weighted by atomic mass is 10.3. The van der Waals surface area contributed by atoms with Crippen LogP contribution in [-0.4, -0.2) is 30.1 Å². The van der Waals surface area contributed by atoms with E-state index in [9.17, 15) is 4.79 Å². The lowest BCUT2D eigenvalue weighted by molar-refractivity contribution is -0.141. The van der Waals surface area contributed by atoms with Gasteiger partial charge in [0.25, 0.3) is 0 Å². The standard InChI is InChI=1S/C12H17N3O2/c1-2-17-12(16)8-15(9-6-7-9)11-5-3-4-10(13)14-11/h3-5,9H,2,6-8H2,1H3,(H2,13,14). The van der Waals surface area contributed by atoms with Gasteiger partial charge in [-0.3, -0.25) is 4.79 Å². The number of esters is 1. The number of nitrogen functional groups attached to an aromatic ring is 1. The average Bonchev–Trinajstić information content (AvgIpc) is 3.10. The summed E-state index contributed by atoms with van der Waals surface area (Å²) in [7, 11) is 0. The second-order valence-corrected chi connectivity index (χ2v) is 4.08. The largest absolute Gasteiger partial charge is 0.465 e. The van der Waals surface area contributed by atoms with E-state index in [4.69, 9.17) is 10.5 Å². The Balaban J connectivity index is 2.09. The average molecular weight is 235 g/mol. The van der Waals surface area contributed by atoms with Crippen molar-refractivity contribution in [3.8, 4) is 0 Å². The third-order valence-electron chi connectivity index (χ3n) is 2.64. The number of ether oxygens (including phenoxy) is 1. The zero-order valence-electron chi connectivity index (χ0n) is 9.93. The summed E-state index contributed by atoms with van der Waals surface area (Å²) in [6.45, 7) is 2.45. The van der Waals surface area contributed by atoms with Crippen molar-refractivity contribution >= 4 is 17.6 Å². The SMILES string of the molecule is CCOC(=O)CN(c1cccc(N)n1)C1CC1. The third-order valence-corrected chi connectivity index (χ3v) is 2.64. The lowest BCUT2D eigenvalue weighted by Crippen LogP contribution is -2.33. The van der Waals surface area contributed by atoms with Crippen molar-refractivity contribution in [2.45, 2.75) is 25.8 Å². The van der Waals surface area contributed by atoms with Gasteiger partial charge in [-0.15, -0.1) is 0 Å². The minimum Gasteiger partial charge on any atom is -0.465 e. The molecule has 0 bridgehead atoms. The van der Waals surface area contributed by atoms with Crippen LogP contribution in [0.3, 0.4) is 0 Å². The van der Waals surface area contributed by atoms with Gasteiger partial charge in [0.15, 0.2) is 0 Å². The van der Waals surface area contributed by atoms with Crippen LogP contribution in [0, 0.1) is 0 Å². The van der Waals surface area contributed by atoms with Crippen LogP contribution >= 0.6 is 0 Å². The third kappa shape index (κ3) is 3.09. The highest BCUT2D eigenvalue weighted by atomic mass is 16.5. The fourth-order valence-corrected chi connectivity index (χ4v) is 1.73. The van der Waals surface area contributed by atoms with E-state index in [-0.39, 0.29) is 12.5 Å². The molecule has 2 N–H and O–H groups in total. The molecular formula is C12H17N3O2. The van der Waals surface area contributed by atoms with Crippen LogP contribution in [0.5, 0.6) is 0 Å². The minimum absolute atomic E-state index is 0.219. The van der Waals surface area contributed by atoms with Gasteiger partial charge in [0, 0.05) is 6.04 Å². The van der Waals surface area contributed by atoms with Crippen molar-refractivity contribution in [2.75, 3.05) is 23.8 Å². The molecule has 0 unspecified atom stereocenters. The van der Waals surface area contributed by atoms with Crippen molar-refractivity contribution < 1.29 is 9.53 Å². The topological polar surface area (TPSA) is 68.5 Å². The molecule has 1 fully saturated rings. The monoisotopic (exact) mass is 235 g/mol. The van der Waals surface area contributed by atoms with Gasteiger partial charge >= 0.3 is 5.97 Å². The lowest BCUT2D eigenvalue weighted by Gasteiger charge is -2.22. The number of hydrogen-bond donors (Lipinski definition) is 1. The van der Waals surface area contributed by atoms with Crippen LogP contribution in [0.2, 0.25) is 0 Å². The summed E-state index contributed by atoms with van der Waals surface area (Å²) in [5, 5.41) is 0. The molecule has 0 aliphatic heterocycles. The van der Waals surface area contributed by atoms with Gasteiger partial charge in [0.2, 0.25) is 0 Å². The van der Waals surface area contributed by atoms with E-state index in [1.165, 1.54) is 0 Å². The van der Waals surface area contributed by atoms with E-state index in [1.807, 2.05) is 17.0 Å². The van der Waals surface area contributed by atoms with Crippen molar-refractivity contribution in [2.24, 2.45) is 0 Å². The molecule has 0 aromatic carbocycles. The Bertz CT molecular complexity index is 404. The summed E-state index contributed by atoms with van der Waals surface area (Å²) >= 11 is 0. The molecule has 2 rings (SSSR count). The van der Waals surface area contributed by atoms with Gasteiger partial charge in [-0.25, -0.2) is 4.98 Å². The van der Waals surface area contributed by atoms with Gasteiger partial charge in [0.05, 0.1) is 6.61 Å². The normalized spacial score (nSPS) is 14.4. The fourth-order valence-electron chi connectivity index (χ4n) is 1.73. The molecule has 0 spiro atoms. The number of aromatic nitrogens is 1. The van der Waals surface area contributed by atoms with Crippen LogP contribution < -0.4 is 10.6 Å². The van der Waals surface area contributed by atoms with Crippen molar-refractivity contribution in [1.82, 2.24) is 4.98 Å². The summed E-state index contributed by atoms with van der Waals surface area (Å²) in [4.78, 5) is 17.7. The van der Waals surface area contributed by atoms with Crippen LogP contribution in [0.1, 0.15) is 19.8 Å². The molecule has 1 saturated carbocycles. The van der Waals surface area contributed by atoms with E-state index in [2.05, 4.69) is 4.98 Å². The van der Waals surface area contributed by atoms with Crippen LogP contribution in [-0.2, 0) is 9.53 Å². The van der Waals surface area contributed by atoms with Gasteiger partial charge < -0.3 is 15.4 Å². The summed E-state index contributed by atoms with van der Waals surface area (Å²) in [6, 6.07) is 5.85.